The van der Waals surface area contributed by atoms with Crippen LogP contribution in [-0.4, -0.2) is 0 Å². The topological polar surface area (TPSA) is 26.0 Å². The van der Waals surface area contributed by atoms with E-state index in [1.807, 2.05) is 18.2 Å². The van der Waals surface area contributed by atoms with Crippen LogP contribution < -0.4 is 5.73 Å². The first-order chi connectivity index (χ1) is 7.18. The minimum atomic E-state index is 0.583. The Balaban J connectivity index is 2.42. The molecule has 0 aliphatic rings. The van der Waals surface area contributed by atoms with Crippen molar-refractivity contribution in [1.29, 1.82) is 0 Å². The van der Waals surface area contributed by atoms with Crippen LogP contribution in [0.4, 0.5) is 5.69 Å². The van der Waals surface area contributed by atoms with E-state index in [1.54, 1.807) is 11.3 Å². The number of rotatable bonds is 2. The van der Waals surface area contributed by atoms with E-state index in [0.717, 1.165) is 11.3 Å². The summed E-state index contributed by atoms with van der Waals surface area (Å²) < 4.78 is 0. The zero-order valence-corrected chi connectivity index (χ0v) is 9.84. The molecule has 2 aromatic rings. The van der Waals surface area contributed by atoms with Crippen LogP contribution in [0.2, 0.25) is 0 Å². The Morgan fingerprint density at radius 2 is 1.93 bits per heavy atom. The van der Waals surface area contributed by atoms with Crippen LogP contribution in [0.15, 0.2) is 35.7 Å². The van der Waals surface area contributed by atoms with E-state index >= 15 is 0 Å². The molecule has 0 fully saturated rings. The molecule has 2 heteroatoms. The van der Waals surface area contributed by atoms with Crippen LogP contribution in [0, 0.1) is 0 Å². The fourth-order valence-corrected chi connectivity index (χ4v) is 2.64. The van der Waals surface area contributed by atoms with E-state index in [0.29, 0.717) is 5.92 Å². The third-order valence-corrected chi connectivity index (χ3v) is 3.49. The lowest BCUT2D eigenvalue weighted by atomic mass is 10.1. The number of benzene rings is 1. The van der Waals surface area contributed by atoms with Crippen molar-refractivity contribution in [2.24, 2.45) is 0 Å². The van der Waals surface area contributed by atoms with Gasteiger partial charge in [-0.05, 0) is 29.0 Å². The first-order valence-corrected chi connectivity index (χ1v) is 5.99. The molecular formula is C13H15NS. The minimum absolute atomic E-state index is 0.583. The number of hydrogen-bond donors (Lipinski definition) is 1. The van der Waals surface area contributed by atoms with Crippen molar-refractivity contribution < 1.29 is 0 Å². The second-order valence-electron chi connectivity index (χ2n) is 3.99. The van der Waals surface area contributed by atoms with Crippen molar-refractivity contribution in [3.8, 4) is 10.4 Å². The van der Waals surface area contributed by atoms with Gasteiger partial charge in [0, 0.05) is 16.1 Å². The monoisotopic (exact) mass is 217 g/mol. The summed E-state index contributed by atoms with van der Waals surface area (Å²) in [5, 5.41) is 2.21. The average Bonchev–Trinajstić information content (AvgIpc) is 2.67. The molecule has 2 rings (SSSR count). The Morgan fingerprint density at radius 1 is 1.20 bits per heavy atom. The SMILES string of the molecule is CC(C)c1csc(-c2ccccc2N)c1. The largest absolute Gasteiger partial charge is 0.398 e. The maximum atomic E-state index is 5.94. The lowest BCUT2D eigenvalue weighted by molar-refractivity contribution is 0.872. The van der Waals surface area contributed by atoms with Crippen molar-refractivity contribution in [3.05, 3.63) is 41.3 Å². The number of nitrogen functional groups attached to an aromatic ring is 1. The Hall–Kier alpha value is -1.28. The standard InChI is InChI=1S/C13H15NS/c1-9(2)10-7-13(15-8-10)11-5-3-4-6-12(11)14/h3-9H,14H2,1-2H3. The van der Waals surface area contributed by atoms with Gasteiger partial charge in [0.2, 0.25) is 0 Å². The lowest BCUT2D eigenvalue weighted by Gasteiger charge is -2.02. The third kappa shape index (κ3) is 2.05. The summed E-state index contributed by atoms with van der Waals surface area (Å²) in [6.07, 6.45) is 0. The molecule has 0 saturated heterocycles. The van der Waals surface area contributed by atoms with Gasteiger partial charge in [0.25, 0.3) is 0 Å². The van der Waals surface area contributed by atoms with E-state index in [9.17, 15) is 0 Å². The molecule has 2 N–H and O–H groups in total. The smallest absolute Gasteiger partial charge is 0.0401 e. The second kappa shape index (κ2) is 4.07. The van der Waals surface area contributed by atoms with Gasteiger partial charge in [-0.2, -0.15) is 0 Å². The molecular weight excluding hydrogens is 202 g/mol. The zero-order chi connectivity index (χ0) is 10.8. The molecule has 0 bridgehead atoms. The Morgan fingerprint density at radius 3 is 2.53 bits per heavy atom. The van der Waals surface area contributed by atoms with Crippen molar-refractivity contribution in [2.45, 2.75) is 19.8 Å². The number of hydrogen-bond acceptors (Lipinski definition) is 2. The van der Waals surface area contributed by atoms with E-state index < -0.39 is 0 Å². The van der Waals surface area contributed by atoms with Gasteiger partial charge < -0.3 is 5.73 Å². The molecule has 1 aromatic heterocycles. The molecule has 0 amide bonds. The van der Waals surface area contributed by atoms with Crippen molar-refractivity contribution in [2.75, 3.05) is 5.73 Å². The van der Waals surface area contributed by atoms with Crippen LogP contribution in [0.5, 0.6) is 0 Å². The van der Waals surface area contributed by atoms with E-state index in [4.69, 9.17) is 5.73 Å². The van der Waals surface area contributed by atoms with Gasteiger partial charge in [-0.15, -0.1) is 11.3 Å². The predicted molar refractivity (Wildman–Crippen MR) is 68.3 cm³/mol. The summed E-state index contributed by atoms with van der Waals surface area (Å²) in [6, 6.07) is 10.3. The molecule has 0 saturated carbocycles. The van der Waals surface area contributed by atoms with Gasteiger partial charge in [-0.25, -0.2) is 0 Å². The minimum Gasteiger partial charge on any atom is -0.398 e. The predicted octanol–water partition coefficient (Wildman–Crippen LogP) is 4.12. The number of thiophene rings is 1. The second-order valence-corrected chi connectivity index (χ2v) is 4.90. The average molecular weight is 217 g/mol. The van der Waals surface area contributed by atoms with E-state index in [-0.39, 0.29) is 0 Å². The fraction of sp³-hybridized carbons (Fsp3) is 0.231. The lowest BCUT2D eigenvalue weighted by Crippen LogP contribution is -1.87. The quantitative estimate of drug-likeness (QED) is 0.752. The van der Waals surface area contributed by atoms with Gasteiger partial charge in [-0.3, -0.25) is 0 Å². The van der Waals surface area contributed by atoms with Gasteiger partial charge in [0.1, 0.15) is 0 Å². The first kappa shape index (κ1) is 10.2. The summed E-state index contributed by atoms with van der Waals surface area (Å²) >= 11 is 1.77. The third-order valence-electron chi connectivity index (χ3n) is 2.51. The van der Waals surface area contributed by atoms with E-state index in [1.165, 1.54) is 10.4 Å². The van der Waals surface area contributed by atoms with Crippen molar-refractivity contribution in [3.63, 3.8) is 0 Å². The summed E-state index contributed by atoms with van der Waals surface area (Å²) in [4.78, 5) is 1.26. The zero-order valence-electron chi connectivity index (χ0n) is 9.03. The molecule has 1 heterocycles. The van der Waals surface area contributed by atoms with Crippen LogP contribution in [-0.2, 0) is 0 Å². The molecule has 0 unspecified atom stereocenters. The van der Waals surface area contributed by atoms with Gasteiger partial charge in [0.15, 0.2) is 0 Å². The van der Waals surface area contributed by atoms with Crippen LogP contribution >= 0.6 is 11.3 Å². The summed E-state index contributed by atoms with van der Waals surface area (Å²) in [7, 11) is 0. The maximum Gasteiger partial charge on any atom is 0.0401 e. The van der Waals surface area contributed by atoms with Crippen LogP contribution in [0.25, 0.3) is 10.4 Å². The Bertz CT molecular complexity index is 457. The molecule has 0 spiro atoms. The normalized spacial score (nSPS) is 10.9. The van der Waals surface area contributed by atoms with Gasteiger partial charge >= 0.3 is 0 Å². The number of anilines is 1. The highest BCUT2D eigenvalue weighted by Gasteiger charge is 2.07. The molecule has 15 heavy (non-hydrogen) atoms. The summed E-state index contributed by atoms with van der Waals surface area (Å²) in [6.45, 7) is 4.42. The van der Waals surface area contributed by atoms with Crippen molar-refractivity contribution in [1.82, 2.24) is 0 Å². The van der Waals surface area contributed by atoms with Gasteiger partial charge in [0.05, 0.1) is 0 Å². The van der Waals surface area contributed by atoms with Crippen LogP contribution in [0.3, 0.4) is 0 Å². The summed E-state index contributed by atoms with van der Waals surface area (Å²) in [5.41, 5.74) is 9.34. The molecule has 0 aliphatic heterocycles. The Kier molecular flexibility index (Phi) is 2.78. The summed E-state index contributed by atoms with van der Waals surface area (Å²) in [5.74, 6) is 0.583. The number of para-hydroxylation sites is 1. The molecule has 0 atom stereocenters. The fourth-order valence-electron chi connectivity index (χ4n) is 1.52. The van der Waals surface area contributed by atoms with E-state index in [2.05, 4.69) is 31.4 Å². The highest BCUT2D eigenvalue weighted by Crippen LogP contribution is 2.33. The van der Waals surface area contributed by atoms with Crippen LogP contribution in [0.1, 0.15) is 25.3 Å². The highest BCUT2D eigenvalue weighted by molar-refractivity contribution is 7.13. The Labute approximate surface area is 94.6 Å². The molecule has 78 valence electrons. The first-order valence-electron chi connectivity index (χ1n) is 5.12. The highest BCUT2D eigenvalue weighted by atomic mass is 32.1. The van der Waals surface area contributed by atoms with Gasteiger partial charge in [-0.1, -0.05) is 32.0 Å². The van der Waals surface area contributed by atoms with Crippen molar-refractivity contribution >= 4 is 17.0 Å². The molecule has 0 radical (unpaired) electrons. The molecule has 0 aliphatic carbocycles. The maximum absolute atomic E-state index is 5.94. The molecule has 1 nitrogen and oxygen atoms in total. The number of nitrogens with two attached hydrogens (primary N) is 1. The molecule has 1 aromatic carbocycles.